The van der Waals surface area contributed by atoms with Crippen molar-refractivity contribution < 1.29 is 9.59 Å². The largest absolute Gasteiger partial charge is 0.300 e. The van der Waals surface area contributed by atoms with Crippen LogP contribution in [0.5, 0.6) is 0 Å². The monoisotopic (exact) mass is 256 g/mol. The van der Waals surface area contributed by atoms with Gasteiger partial charge in [0.2, 0.25) is 0 Å². The normalized spacial score (nSPS) is 25.0. The average molecular weight is 257 g/mol. The van der Waals surface area contributed by atoms with Crippen molar-refractivity contribution in [2.45, 2.75) is 30.5 Å². The fourth-order valence-electron chi connectivity index (χ4n) is 1.30. The average Bonchev–Trinajstić information content (AvgIpc) is 2.15. The minimum absolute atomic E-state index is 0.0600. The molecule has 0 aliphatic heterocycles. The smallest absolute Gasteiger partial charge is 0.154 e. The van der Waals surface area contributed by atoms with Crippen molar-refractivity contribution in [3.8, 4) is 0 Å². The van der Waals surface area contributed by atoms with Crippen LogP contribution in [-0.4, -0.2) is 15.9 Å². The van der Waals surface area contributed by atoms with Crippen LogP contribution in [0.25, 0.3) is 0 Å². The molecule has 0 radical (unpaired) electrons. The number of carbonyl (C=O) groups is 2. The van der Waals surface area contributed by atoms with E-state index in [-0.39, 0.29) is 11.6 Å². The van der Waals surface area contributed by atoms with E-state index in [2.05, 4.69) is 15.9 Å². The number of allylic oxidation sites excluding steroid dienone is 4. The highest BCUT2D eigenvalue weighted by molar-refractivity contribution is 9.10. The summed E-state index contributed by atoms with van der Waals surface area (Å²) in [5.74, 6) is 0.137. The predicted octanol–water partition coefficient (Wildman–Crippen LogP) is 2.57. The fraction of sp³-hybridized carbons (Fsp3) is 0.455. The summed E-state index contributed by atoms with van der Waals surface area (Å²) in [7, 11) is 0. The van der Waals surface area contributed by atoms with Crippen LogP contribution < -0.4 is 0 Å². The summed E-state index contributed by atoms with van der Waals surface area (Å²) in [6.45, 7) is 1.50. The van der Waals surface area contributed by atoms with Crippen molar-refractivity contribution >= 4 is 27.5 Å². The van der Waals surface area contributed by atoms with Crippen LogP contribution >= 0.6 is 15.9 Å². The number of rotatable bonds is 4. The zero-order valence-corrected chi connectivity index (χ0v) is 9.71. The van der Waals surface area contributed by atoms with Gasteiger partial charge >= 0.3 is 0 Å². The van der Waals surface area contributed by atoms with Gasteiger partial charge in [-0.05, 0) is 13.3 Å². The van der Waals surface area contributed by atoms with E-state index in [1.54, 1.807) is 0 Å². The summed E-state index contributed by atoms with van der Waals surface area (Å²) in [4.78, 5) is 22.5. The lowest BCUT2D eigenvalue weighted by Crippen LogP contribution is -2.30. The molecule has 0 amide bonds. The van der Waals surface area contributed by atoms with Crippen molar-refractivity contribution in [2.75, 3.05) is 0 Å². The van der Waals surface area contributed by atoms with Gasteiger partial charge in [0.1, 0.15) is 10.1 Å². The molecule has 1 unspecified atom stereocenters. The van der Waals surface area contributed by atoms with E-state index in [0.29, 0.717) is 19.3 Å². The van der Waals surface area contributed by atoms with Crippen LogP contribution in [0.1, 0.15) is 26.2 Å². The van der Waals surface area contributed by atoms with E-state index >= 15 is 0 Å². The van der Waals surface area contributed by atoms with Crippen molar-refractivity contribution in [1.29, 1.82) is 0 Å². The minimum Gasteiger partial charge on any atom is -0.300 e. The first kappa shape index (κ1) is 11.4. The van der Waals surface area contributed by atoms with E-state index in [1.807, 2.05) is 24.3 Å². The standard InChI is InChI=1S/C11H13BrO2/c1-9(13)5-6-10(14)11(12)7-3-2-4-8-11/h2-4,7H,5-6,8H2,1H3. The third-order valence-electron chi connectivity index (χ3n) is 2.19. The molecule has 76 valence electrons. The second kappa shape index (κ2) is 4.69. The van der Waals surface area contributed by atoms with Gasteiger partial charge in [-0.3, -0.25) is 4.79 Å². The molecule has 0 aromatic rings. The molecular weight excluding hydrogens is 244 g/mol. The molecule has 0 fully saturated rings. The second-order valence-corrected chi connectivity index (χ2v) is 4.89. The first-order valence-electron chi connectivity index (χ1n) is 4.60. The maximum absolute atomic E-state index is 11.7. The third kappa shape index (κ3) is 2.91. The Hall–Kier alpha value is -0.700. The molecule has 0 spiro atoms. The summed E-state index contributed by atoms with van der Waals surface area (Å²) in [6.07, 6.45) is 8.88. The van der Waals surface area contributed by atoms with Crippen molar-refractivity contribution in [3.63, 3.8) is 0 Å². The molecule has 3 heteroatoms. The van der Waals surface area contributed by atoms with Crippen molar-refractivity contribution in [1.82, 2.24) is 0 Å². The maximum Gasteiger partial charge on any atom is 0.154 e. The Morgan fingerprint density at radius 3 is 2.57 bits per heavy atom. The molecule has 0 heterocycles. The Morgan fingerprint density at radius 2 is 2.07 bits per heavy atom. The third-order valence-corrected chi connectivity index (χ3v) is 3.22. The topological polar surface area (TPSA) is 34.1 Å². The summed E-state index contributed by atoms with van der Waals surface area (Å²) >= 11 is 3.41. The summed E-state index contributed by atoms with van der Waals surface area (Å²) in [5, 5.41) is 0. The fourth-order valence-corrected chi connectivity index (χ4v) is 1.84. The highest BCUT2D eigenvalue weighted by Gasteiger charge is 2.31. The molecule has 1 atom stereocenters. The number of carbonyl (C=O) groups excluding carboxylic acids is 2. The SMILES string of the molecule is CC(=O)CCC(=O)C1(Br)C=CC=CC1. The molecule has 1 aliphatic rings. The second-order valence-electron chi connectivity index (χ2n) is 3.48. The van der Waals surface area contributed by atoms with Crippen LogP contribution in [0, 0.1) is 0 Å². The molecule has 0 bridgehead atoms. The number of hydrogen-bond acceptors (Lipinski definition) is 2. The predicted molar refractivity (Wildman–Crippen MR) is 59.5 cm³/mol. The number of ketones is 2. The van der Waals surface area contributed by atoms with Crippen LogP contribution in [-0.2, 0) is 9.59 Å². The minimum atomic E-state index is -0.572. The Labute approximate surface area is 92.2 Å². The quantitative estimate of drug-likeness (QED) is 0.725. The first-order valence-corrected chi connectivity index (χ1v) is 5.40. The van der Waals surface area contributed by atoms with Crippen molar-refractivity contribution in [2.24, 2.45) is 0 Å². The van der Waals surface area contributed by atoms with Crippen LogP contribution in [0.4, 0.5) is 0 Å². The number of alkyl halides is 1. The number of halogens is 1. The van der Waals surface area contributed by atoms with Gasteiger partial charge in [0, 0.05) is 12.8 Å². The van der Waals surface area contributed by atoms with Gasteiger partial charge in [-0.2, -0.15) is 0 Å². The van der Waals surface area contributed by atoms with E-state index < -0.39 is 4.32 Å². The molecule has 14 heavy (non-hydrogen) atoms. The van der Waals surface area contributed by atoms with E-state index in [0.717, 1.165) is 0 Å². The molecule has 0 saturated carbocycles. The zero-order chi connectivity index (χ0) is 10.6. The van der Waals surface area contributed by atoms with E-state index in [4.69, 9.17) is 0 Å². The van der Waals surface area contributed by atoms with Gasteiger partial charge < -0.3 is 4.79 Å². The molecule has 0 aromatic carbocycles. The Bertz CT molecular complexity index is 304. The van der Waals surface area contributed by atoms with Gasteiger partial charge in [0.15, 0.2) is 5.78 Å². The van der Waals surface area contributed by atoms with E-state index in [1.165, 1.54) is 6.92 Å². The van der Waals surface area contributed by atoms with Gasteiger partial charge in [0.25, 0.3) is 0 Å². The molecule has 1 aliphatic carbocycles. The van der Waals surface area contributed by atoms with Gasteiger partial charge in [-0.1, -0.05) is 40.2 Å². The van der Waals surface area contributed by atoms with Crippen LogP contribution in [0.15, 0.2) is 24.3 Å². The molecule has 0 aromatic heterocycles. The van der Waals surface area contributed by atoms with Crippen molar-refractivity contribution in [3.05, 3.63) is 24.3 Å². The molecule has 0 saturated heterocycles. The lowest BCUT2D eigenvalue weighted by Gasteiger charge is -2.22. The number of hydrogen-bond donors (Lipinski definition) is 0. The molecule has 0 N–H and O–H groups in total. The Kier molecular flexibility index (Phi) is 3.81. The lowest BCUT2D eigenvalue weighted by molar-refractivity contribution is -0.123. The summed E-state index contributed by atoms with van der Waals surface area (Å²) < 4.78 is -0.572. The van der Waals surface area contributed by atoms with Crippen LogP contribution in [0.3, 0.4) is 0 Å². The Morgan fingerprint density at radius 1 is 1.36 bits per heavy atom. The van der Waals surface area contributed by atoms with Gasteiger partial charge in [0.05, 0.1) is 0 Å². The summed E-state index contributed by atoms with van der Waals surface area (Å²) in [5.41, 5.74) is 0. The zero-order valence-electron chi connectivity index (χ0n) is 8.13. The summed E-state index contributed by atoms with van der Waals surface area (Å²) in [6, 6.07) is 0. The Balaban J connectivity index is 2.55. The van der Waals surface area contributed by atoms with Gasteiger partial charge in [-0.25, -0.2) is 0 Å². The van der Waals surface area contributed by atoms with Crippen LogP contribution in [0.2, 0.25) is 0 Å². The molecule has 1 rings (SSSR count). The molecular formula is C11H13BrO2. The highest BCUT2D eigenvalue weighted by atomic mass is 79.9. The molecule has 2 nitrogen and oxygen atoms in total. The first-order chi connectivity index (χ1) is 6.54. The highest BCUT2D eigenvalue weighted by Crippen LogP contribution is 2.30. The maximum atomic E-state index is 11.7. The van der Waals surface area contributed by atoms with E-state index in [9.17, 15) is 9.59 Å². The lowest BCUT2D eigenvalue weighted by atomic mass is 9.93. The number of Topliss-reactive ketones (excluding diaryl/α,β-unsaturated/α-hetero) is 2. The van der Waals surface area contributed by atoms with Gasteiger partial charge in [-0.15, -0.1) is 0 Å².